The summed E-state index contributed by atoms with van der Waals surface area (Å²) in [5.74, 6) is 0. The highest BCUT2D eigenvalue weighted by Gasteiger charge is 2.29. The minimum atomic E-state index is -3.52. The van der Waals surface area contributed by atoms with Crippen molar-refractivity contribution in [1.82, 2.24) is 4.31 Å². The molecule has 17 heavy (non-hydrogen) atoms. The topological polar surface area (TPSA) is 37.4 Å². The molecule has 1 aliphatic heterocycles. The van der Waals surface area contributed by atoms with Crippen molar-refractivity contribution in [1.29, 1.82) is 0 Å². The SMILES string of the molecule is Cc1ccc(S(=O)(=O)N2CCCC(F)C2)cc1. The molecule has 0 radical (unpaired) electrons. The molecule has 5 heteroatoms. The standard InChI is InChI=1S/C12H16FNO2S/c1-10-4-6-12(7-5-10)17(15,16)14-8-2-3-11(13)9-14/h4-7,11H,2-3,8-9H2,1H3. The molecule has 0 aromatic heterocycles. The molecule has 0 N–H and O–H groups in total. The zero-order valence-electron chi connectivity index (χ0n) is 9.77. The van der Waals surface area contributed by atoms with E-state index in [1.807, 2.05) is 6.92 Å². The van der Waals surface area contributed by atoms with Crippen molar-refractivity contribution in [2.24, 2.45) is 0 Å². The Labute approximate surface area is 101 Å². The summed E-state index contributed by atoms with van der Waals surface area (Å²) in [6.07, 6.45) is 0.00981. The maximum absolute atomic E-state index is 13.2. The van der Waals surface area contributed by atoms with Crippen LogP contribution in [0.5, 0.6) is 0 Å². The lowest BCUT2D eigenvalue weighted by molar-refractivity contribution is 0.203. The monoisotopic (exact) mass is 257 g/mol. The quantitative estimate of drug-likeness (QED) is 0.814. The molecular formula is C12H16FNO2S. The van der Waals surface area contributed by atoms with Crippen molar-refractivity contribution in [2.45, 2.75) is 30.8 Å². The van der Waals surface area contributed by atoms with E-state index in [2.05, 4.69) is 0 Å². The van der Waals surface area contributed by atoms with Gasteiger partial charge >= 0.3 is 0 Å². The minimum Gasteiger partial charge on any atom is -0.246 e. The van der Waals surface area contributed by atoms with Crippen molar-refractivity contribution in [3.8, 4) is 0 Å². The second-order valence-electron chi connectivity index (χ2n) is 4.42. The molecule has 2 rings (SSSR count). The van der Waals surface area contributed by atoms with Crippen LogP contribution in [0.3, 0.4) is 0 Å². The van der Waals surface area contributed by atoms with E-state index in [4.69, 9.17) is 0 Å². The lowest BCUT2D eigenvalue weighted by Crippen LogP contribution is -2.40. The maximum Gasteiger partial charge on any atom is 0.243 e. The van der Waals surface area contributed by atoms with Crippen LogP contribution < -0.4 is 0 Å². The van der Waals surface area contributed by atoms with Gasteiger partial charge in [-0.2, -0.15) is 4.31 Å². The summed E-state index contributed by atoms with van der Waals surface area (Å²) in [6.45, 7) is 2.29. The fraction of sp³-hybridized carbons (Fsp3) is 0.500. The van der Waals surface area contributed by atoms with Crippen molar-refractivity contribution in [2.75, 3.05) is 13.1 Å². The summed E-state index contributed by atoms with van der Waals surface area (Å²) in [4.78, 5) is 0.247. The number of rotatable bonds is 2. The number of piperidine rings is 1. The van der Waals surface area contributed by atoms with Gasteiger partial charge in [-0.1, -0.05) is 17.7 Å². The Hall–Kier alpha value is -0.940. The van der Waals surface area contributed by atoms with Crippen LogP contribution in [0.15, 0.2) is 29.2 Å². The van der Waals surface area contributed by atoms with Crippen LogP contribution in [-0.4, -0.2) is 32.0 Å². The normalized spacial score (nSPS) is 22.6. The van der Waals surface area contributed by atoms with Crippen LogP contribution in [-0.2, 0) is 10.0 Å². The Kier molecular flexibility index (Phi) is 3.49. The van der Waals surface area contributed by atoms with Crippen LogP contribution in [0.1, 0.15) is 18.4 Å². The molecule has 1 unspecified atom stereocenters. The van der Waals surface area contributed by atoms with Gasteiger partial charge in [-0.3, -0.25) is 0 Å². The summed E-state index contributed by atoms with van der Waals surface area (Å²) in [6, 6.07) is 6.66. The van der Waals surface area contributed by atoms with E-state index in [9.17, 15) is 12.8 Å². The Morgan fingerprint density at radius 1 is 1.29 bits per heavy atom. The Morgan fingerprint density at radius 3 is 2.53 bits per heavy atom. The third-order valence-electron chi connectivity index (χ3n) is 2.99. The molecule has 1 saturated heterocycles. The van der Waals surface area contributed by atoms with E-state index in [1.54, 1.807) is 24.3 Å². The predicted octanol–water partition coefficient (Wildman–Crippen LogP) is 2.12. The Balaban J connectivity index is 2.26. The lowest BCUT2D eigenvalue weighted by Gasteiger charge is -2.28. The van der Waals surface area contributed by atoms with Gasteiger partial charge in [0.1, 0.15) is 6.17 Å². The third kappa shape index (κ3) is 2.66. The van der Waals surface area contributed by atoms with E-state index in [0.29, 0.717) is 19.4 Å². The first-order valence-electron chi connectivity index (χ1n) is 5.71. The highest BCUT2D eigenvalue weighted by molar-refractivity contribution is 7.89. The van der Waals surface area contributed by atoms with Crippen molar-refractivity contribution in [3.05, 3.63) is 29.8 Å². The van der Waals surface area contributed by atoms with Gasteiger partial charge in [0.05, 0.1) is 4.90 Å². The van der Waals surface area contributed by atoms with Gasteiger partial charge in [-0.05, 0) is 31.9 Å². The van der Waals surface area contributed by atoms with Gasteiger partial charge in [0, 0.05) is 13.1 Å². The van der Waals surface area contributed by atoms with E-state index in [0.717, 1.165) is 5.56 Å². The summed E-state index contributed by atoms with van der Waals surface area (Å²) < 4.78 is 38.9. The van der Waals surface area contributed by atoms with Crippen LogP contribution in [0.4, 0.5) is 4.39 Å². The fourth-order valence-electron chi connectivity index (χ4n) is 1.97. The molecule has 0 spiro atoms. The van der Waals surface area contributed by atoms with E-state index >= 15 is 0 Å². The molecule has 1 aromatic rings. The molecule has 1 heterocycles. The molecule has 1 aliphatic rings. The number of halogens is 1. The Morgan fingerprint density at radius 2 is 1.94 bits per heavy atom. The van der Waals surface area contributed by atoms with Gasteiger partial charge in [-0.25, -0.2) is 12.8 Å². The van der Waals surface area contributed by atoms with E-state index in [-0.39, 0.29) is 11.4 Å². The molecule has 3 nitrogen and oxygen atoms in total. The lowest BCUT2D eigenvalue weighted by atomic mass is 10.1. The summed E-state index contributed by atoms with van der Waals surface area (Å²) in [7, 11) is -3.52. The molecule has 0 aliphatic carbocycles. The van der Waals surface area contributed by atoms with Crippen molar-refractivity contribution in [3.63, 3.8) is 0 Å². The molecule has 0 bridgehead atoms. The maximum atomic E-state index is 13.2. The molecule has 1 aromatic carbocycles. The number of alkyl halides is 1. The zero-order valence-corrected chi connectivity index (χ0v) is 10.6. The summed E-state index contributed by atoms with van der Waals surface area (Å²) in [5, 5.41) is 0. The summed E-state index contributed by atoms with van der Waals surface area (Å²) >= 11 is 0. The van der Waals surface area contributed by atoms with Crippen LogP contribution in [0.25, 0.3) is 0 Å². The summed E-state index contributed by atoms with van der Waals surface area (Å²) in [5.41, 5.74) is 1.01. The molecule has 1 fully saturated rings. The minimum absolute atomic E-state index is 0.0176. The predicted molar refractivity (Wildman–Crippen MR) is 64.1 cm³/mol. The molecule has 94 valence electrons. The number of aryl methyl sites for hydroxylation is 1. The van der Waals surface area contributed by atoms with Crippen LogP contribution in [0, 0.1) is 6.92 Å². The molecular weight excluding hydrogens is 241 g/mol. The largest absolute Gasteiger partial charge is 0.246 e. The highest BCUT2D eigenvalue weighted by atomic mass is 32.2. The Bertz CT molecular complexity index is 484. The van der Waals surface area contributed by atoms with Gasteiger partial charge in [-0.15, -0.1) is 0 Å². The first-order chi connectivity index (χ1) is 8.00. The average molecular weight is 257 g/mol. The highest BCUT2D eigenvalue weighted by Crippen LogP contribution is 2.22. The zero-order chi connectivity index (χ0) is 12.5. The van der Waals surface area contributed by atoms with E-state index < -0.39 is 16.2 Å². The first-order valence-corrected chi connectivity index (χ1v) is 7.15. The second-order valence-corrected chi connectivity index (χ2v) is 6.35. The number of nitrogens with zero attached hydrogens (tertiary/aromatic N) is 1. The number of hydrogen-bond acceptors (Lipinski definition) is 2. The van der Waals surface area contributed by atoms with Crippen molar-refractivity contribution < 1.29 is 12.8 Å². The molecule has 0 saturated carbocycles. The third-order valence-corrected chi connectivity index (χ3v) is 4.86. The first kappa shape index (κ1) is 12.5. The average Bonchev–Trinajstić information content (AvgIpc) is 2.29. The molecule has 0 amide bonds. The number of benzene rings is 1. The van der Waals surface area contributed by atoms with Crippen LogP contribution >= 0.6 is 0 Å². The second kappa shape index (κ2) is 4.74. The van der Waals surface area contributed by atoms with Crippen molar-refractivity contribution >= 4 is 10.0 Å². The van der Waals surface area contributed by atoms with Gasteiger partial charge < -0.3 is 0 Å². The smallest absolute Gasteiger partial charge is 0.243 e. The van der Waals surface area contributed by atoms with Crippen LogP contribution in [0.2, 0.25) is 0 Å². The molecule has 1 atom stereocenters. The van der Waals surface area contributed by atoms with Gasteiger partial charge in [0.25, 0.3) is 0 Å². The van der Waals surface area contributed by atoms with Gasteiger partial charge in [0.2, 0.25) is 10.0 Å². The number of sulfonamides is 1. The van der Waals surface area contributed by atoms with E-state index in [1.165, 1.54) is 4.31 Å². The number of hydrogen-bond donors (Lipinski definition) is 0. The van der Waals surface area contributed by atoms with Gasteiger partial charge in [0.15, 0.2) is 0 Å². The fourth-order valence-corrected chi connectivity index (χ4v) is 3.48.